The molecule has 0 bridgehead atoms. The van der Waals surface area contributed by atoms with Gasteiger partial charge in [-0.3, -0.25) is 19.6 Å². The van der Waals surface area contributed by atoms with Crippen molar-refractivity contribution in [2.24, 2.45) is 4.99 Å². The number of aromatic nitrogens is 2. The molecule has 0 atom stereocenters. The molecule has 0 spiro atoms. The second-order valence-electron chi connectivity index (χ2n) is 8.34. The van der Waals surface area contributed by atoms with Crippen molar-refractivity contribution in [3.05, 3.63) is 86.4 Å². The zero-order valence-electron chi connectivity index (χ0n) is 19.0. The Balaban J connectivity index is 1.36. The zero-order chi connectivity index (χ0) is 24.1. The molecule has 0 aliphatic carbocycles. The Hall–Kier alpha value is -3.56. The third-order valence-corrected chi connectivity index (χ3v) is 6.27. The summed E-state index contributed by atoms with van der Waals surface area (Å²) in [5, 5.41) is 13.0. The predicted octanol–water partition coefficient (Wildman–Crippen LogP) is 0.737. The normalized spacial score (nSPS) is 14.6. The van der Waals surface area contributed by atoms with Crippen molar-refractivity contribution in [1.29, 1.82) is 0 Å². The average Bonchev–Trinajstić information content (AvgIpc) is 2.85. The lowest BCUT2D eigenvalue weighted by Gasteiger charge is -2.32. The van der Waals surface area contributed by atoms with E-state index in [2.05, 4.69) is 9.98 Å². The number of rotatable bonds is 6. The van der Waals surface area contributed by atoms with E-state index in [9.17, 15) is 14.7 Å². The lowest BCUT2D eigenvalue weighted by atomic mass is 10.2. The highest BCUT2D eigenvalue weighted by molar-refractivity contribution is 7.71. The molecule has 0 unspecified atom stereocenters. The molecule has 1 aliphatic heterocycles. The Labute approximate surface area is 202 Å². The summed E-state index contributed by atoms with van der Waals surface area (Å²) in [5.41, 5.74) is 1.78. The predicted molar refractivity (Wildman–Crippen MR) is 132 cm³/mol. The topological polar surface area (TPSA) is 98.0 Å². The van der Waals surface area contributed by atoms with Crippen molar-refractivity contribution >= 4 is 24.3 Å². The van der Waals surface area contributed by atoms with Gasteiger partial charge < -0.3 is 19.5 Å². The quantitative estimate of drug-likeness (QED) is 0.404. The SMILES string of the molecule is Cc1ccc(-n2c([O-])c(C=NCC[NH+]3CCN(C(=O)c4ccccc4)CC3)c(=O)[nH]c2=S)cc1. The van der Waals surface area contributed by atoms with Crippen LogP contribution in [0.4, 0.5) is 0 Å². The molecule has 2 N–H and O–H groups in total. The van der Waals surface area contributed by atoms with Crippen LogP contribution in [-0.4, -0.2) is 65.8 Å². The van der Waals surface area contributed by atoms with Crippen molar-refractivity contribution in [2.75, 3.05) is 39.3 Å². The summed E-state index contributed by atoms with van der Waals surface area (Å²) >= 11 is 5.21. The molecular weight excluding hydrogens is 450 g/mol. The molecule has 3 aromatic rings. The van der Waals surface area contributed by atoms with Gasteiger partial charge in [0.1, 0.15) is 0 Å². The Kier molecular flexibility index (Phi) is 7.34. The molecule has 1 fully saturated rings. The molecule has 2 aromatic carbocycles. The number of hydrogen-bond acceptors (Lipinski definition) is 5. The summed E-state index contributed by atoms with van der Waals surface area (Å²) in [6.45, 7) is 6.23. The second-order valence-corrected chi connectivity index (χ2v) is 8.73. The number of aromatic amines is 1. The second kappa shape index (κ2) is 10.6. The summed E-state index contributed by atoms with van der Waals surface area (Å²) in [5.74, 6) is -0.423. The number of aryl methyl sites for hydroxylation is 1. The number of nitrogens with zero attached hydrogens (tertiary/aromatic N) is 3. The van der Waals surface area contributed by atoms with E-state index in [1.807, 2.05) is 54.3 Å². The number of carbonyl (C=O) groups is 1. The largest absolute Gasteiger partial charge is 0.859 e. The van der Waals surface area contributed by atoms with Crippen LogP contribution in [-0.2, 0) is 0 Å². The number of benzene rings is 2. The van der Waals surface area contributed by atoms with Crippen LogP contribution in [0.5, 0.6) is 5.88 Å². The minimum atomic E-state index is -0.539. The van der Waals surface area contributed by atoms with Crippen molar-refractivity contribution in [3.63, 3.8) is 0 Å². The van der Waals surface area contributed by atoms with Crippen molar-refractivity contribution in [2.45, 2.75) is 6.92 Å². The first-order valence-electron chi connectivity index (χ1n) is 11.2. The van der Waals surface area contributed by atoms with Gasteiger partial charge in [-0.2, -0.15) is 0 Å². The Bertz CT molecular complexity index is 1290. The van der Waals surface area contributed by atoms with Gasteiger partial charge >= 0.3 is 0 Å². The maximum atomic E-state index is 13.0. The molecule has 1 amide bonds. The Morgan fingerprint density at radius 3 is 2.50 bits per heavy atom. The lowest BCUT2D eigenvalue weighted by Crippen LogP contribution is -3.15. The maximum Gasteiger partial charge on any atom is 0.259 e. The van der Waals surface area contributed by atoms with E-state index in [0.29, 0.717) is 30.9 Å². The van der Waals surface area contributed by atoms with E-state index in [0.717, 1.165) is 25.2 Å². The highest BCUT2D eigenvalue weighted by Crippen LogP contribution is 2.16. The number of hydrogen-bond donors (Lipinski definition) is 2. The molecular formula is C25H27N5O3S. The van der Waals surface area contributed by atoms with Crippen LogP contribution in [0.2, 0.25) is 0 Å². The number of H-pyrrole nitrogens is 1. The zero-order valence-corrected chi connectivity index (χ0v) is 19.8. The molecule has 1 saturated heterocycles. The summed E-state index contributed by atoms with van der Waals surface area (Å²) in [7, 11) is 0. The first-order chi connectivity index (χ1) is 16.4. The third kappa shape index (κ3) is 5.32. The van der Waals surface area contributed by atoms with Crippen molar-refractivity contribution in [3.8, 4) is 11.6 Å². The van der Waals surface area contributed by atoms with E-state index in [4.69, 9.17) is 12.2 Å². The van der Waals surface area contributed by atoms with E-state index in [1.165, 1.54) is 15.7 Å². The van der Waals surface area contributed by atoms with Crippen LogP contribution in [0.25, 0.3) is 5.69 Å². The fourth-order valence-electron chi connectivity index (χ4n) is 3.99. The molecule has 0 radical (unpaired) electrons. The van der Waals surface area contributed by atoms with E-state index < -0.39 is 11.4 Å². The first kappa shape index (κ1) is 23.6. The maximum absolute atomic E-state index is 13.0. The van der Waals surface area contributed by atoms with Gasteiger partial charge in [-0.15, -0.1) is 0 Å². The van der Waals surface area contributed by atoms with Crippen molar-refractivity contribution < 1.29 is 14.8 Å². The number of nitrogens with one attached hydrogen (secondary N) is 2. The number of aliphatic imine (C=N–C) groups is 1. The summed E-state index contributed by atoms with van der Waals surface area (Å²) in [6.07, 6.45) is 1.34. The van der Waals surface area contributed by atoms with Crippen molar-refractivity contribution in [1.82, 2.24) is 14.5 Å². The summed E-state index contributed by atoms with van der Waals surface area (Å²) in [4.78, 5) is 35.0. The molecule has 34 heavy (non-hydrogen) atoms. The lowest BCUT2D eigenvalue weighted by molar-refractivity contribution is -0.902. The summed E-state index contributed by atoms with van der Waals surface area (Å²) < 4.78 is 1.37. The van der Waals surface area contributed by atoms with Crippen LogP contribution < -0.4 is 15.6 Å². The molecule has 2 heterocycles. The molecule has 9 heteroatoms. The van der Waals surface area contributed by atoms with Gasteiger partial charge in [0.2, 0.25) is 0 Å². The Morgan fingerprint density at radius 2 is 1.82 bits per heavy atom. The average molecular weight is 478 g/mol. The monoisotopic (exact) mass is 477 g/mol. The fraction of sp³-hybridized carbons (Fsp3) is 0.280. The van der Waals surface area contributed by atoms with E-state index in [-0.39, 0.29) is 16.2 Å². The standard InChI is InChI=1S/C25H27N5O3S/c1-18-7-9-20(10-8-18)30-24(33)21(22(31)27-25(30)34)17-26-11-12-28-13-15-29(16-14-28)23(32)19-5-3-2-4-6-19/h2-10,17,33H,11-16H2,1H3,(H,27,31,34). The van der Waals surface area contributed by atoms with Crippen LogP contribution >= 0.6 is 12.2 Å². The first-order valence-corrected chi connectivity index (χ1v) is 11.7. The number of carbonyl (C=O) groups excluding carboxylic acids is 1. The minimum absolute atomic E-state index is 0.0394. The molecule has 8 nitrogen and oxygen atoms in total. The van der Waals surface area contributed by atoms with Crippen LogP contribution in [0.1, 0.15) is 21.5 Å². The Morgan fingerprint density at radius 1 is 1.15 bits per heavy atom. The molecule has 1 aliphatic rings. The summed E-state index contributed by atoms with van der Waals surface area (Å²) in [6, 6.07) is 16.7. The van der Waals surface area contributed by atoms with E-state index >= 15 is 0 Å². The molecule has 1 aromatic heterocycles. The number of amides is 1. The number of piperazine rings is 1. The van der Waals surface area contributed by atoms with Crippen LogP contribution in [0, 0.1) is 11.7 Å². The van der Waals surface area contributed by atoms with Gasteiger partial charge in [-0.05, 0) is 49.3 Å². The number of quaternary nitrogens is 1. The highest BCUT2D eigenvalue weighted by Gasteiger charge is 2.23. The third-order valence-electron chi connectivity index (χ3n) is 5.99. The minimum Gasteiger partial charge on any atom is -0.859 e. The van der Waals surface area contributed by atoms with Gasteiger partial charge in [0.05, 0.1) is 44.8 Å². The molecule has 4 rings (SSSR count). The van der Waals surface area contributed by atoms with Gasteiger partial charge in [-0.1, -0.05) is 35.9 Å². The highest BCUT2D eigenvalue weighted by atomic mass is 32.1. The van der Waals surface area contributed by atoms with Gasteiger partial charge in [-0.25, -0.2) is 0 Å². The van der Waals surface area contributed by atoms with Gasteiger partial charge in [0.15, 0.2) is 4.77 Å². The van der Waals surface area contributed by atoms with E-state index in [1.54, 1.807) is 12.1 Å². The smallest absolute Gasteiger partial charge is 0.259 e. The van der Waals surface area contributed by atoms with Crippen LogP contribution in [0.15, 0.2) is 64.4 Å². The molecule has 176 valence electrons. The van der Waals surface area contributed by atoms with Crippen LogP contribution in [0.3, 0.4) is 0 Å². The molecule has 0 saturated carbocycles. The van der Waals surface area contributed by atoms with Gasteiger partial charge in [0, 0.05) is 17.5 Å². The van der Waals surface area contributed by atoms with Gasteiger partial charge in [0.25, 0.3) is 11.5 Å². The fourth-order valence-corrected chi connectivity index (χ4v) is 4.27.